The molecule has 6 rings (SSSR count). The smallest absolute Gasteiger partial charge is 0.477 e. The SMILES string of the molecule is CCCCCCCCCCOC(=O)Oc1ccc2c3c1O[C@H]1C(=O)CC[C@@]4(O)C(C2)N(CC2CC2)CC[C@]314. The number of Topliss-reactive ketones (excluding diaryl/α,β-unsaturated/α-hetero) is 1. The van der Waals surface area contributed by atoms with Crippen LogP contribution < -0.4 is 9.47 Å². The van der Waals surface area contributed by atoms with Crippen molar-refractivity contribution in [2.75, 3.05) is 19.7 Å². The maximum absolute atomic E-state index is 13.2. The molecule has 1 spiro atoms. The summed E-state index contributed by atoms with van der Waals surface area (Å²) in [5.41, 5.74) is 0.212. The lowest BCUT2D eigenvalue weighted by atomic mass is 9.49. The van der Waals surface area contributed by atoms with E-state index in [1.807, 2.05) is 6.07 Å². The Kier molecular flexibility index (Phi) is 7.19. The van der Waals surface area contributed by atoms with E-state index in [-0.39, 0.29) is 11.8 Å². The van der Waals surface area contributed by atoms with E-state index in [1.54, 1.807) is 6.07 Å². The van der Waals surface area contributed by atoms with Crippen LogP contribution in [0.3, 0.4) is 0 Å². The summed E-state index contributed by atoms with van der Waals surface area (Å²) in [4.78, 5) is 28.2. The predicted octanol–water partition coefficient (Wildman–Crippen LogP) is 5.48. The minimum absolute atomic E-state index is 0.0159. The fourth-order valence-corrected chi connectivity index (χ4v) is 7.84. The molecule has 0 aromatic heterocycles. The van der Waals surface area contributed by atoms with Crippen LogP contribution in [-0.4, -0.2) is 59.4 Å². The van der Waals surface area contributed by atoms with Crippen LogP contribution in [0.15, 0.2) is 12.1 Å². The van der Waals surface area contributed by atoms with Gasteiger partial charge in [-0.05, 0) is 62.6 Å². The van der Waals surface area contributed by atoms with Crippen LogP contribution in [-0.2, 0) is 21.4 Å². The Morgan fingerprint density at radius 3 is 2.63 bits per heavy atom. The fraction of sp³-hybridized carbons (Fsp3) is 0.742. The molecule has 2 bridgehead atoms. The van der Waals surface area contributed by atoms with Crippen LogP contribution in [0.1, 0.15) is 102 Å². The highest BCUT2D eigenvalue weighted by Gasteiger charge is 2.73. The van der Waals surface area contributed by atoms with Crippen molar-refractivity contribution in [1.29, 1.82) is 0 Å². The number of rotatable bonds is 12. The number of hydrogen-bond donors (Lipinski definition) is 1. The Morgan fingerprint density at radius 2 is 1.87 bits per heavy atom. The van der Waals surface area contributed by atoms with Crippen LogP contribution in [0, 0.1) is 5.92 Å². The van der Waals surface area contributed by atoms with E-state index < -0.39 is 23.3 Å². The number of carbonyl (C=O) groups is 2. The van der Waals surface area contributed by atoms with Crippen molar-refractivity contribution in [3.63, 3.8) is 0 Å². The van der Waals surface area contributed by atoms with Crippen molar-refractivity contribution >= 4 is 11.9 Å². The Bertz CT molecular complexity index is 1070. The van der Waals surface area contributed by atoms with E-state index in [0.717, 1.165) is 55.8 Å². The number of hydrogen-bond acceptors (Lipinski definition) is 7. The van der Waals surface area contributed by atoms with E-state index >= 15 is 0 Å². The summed E-state index contributed by atoms with van der Waals surface area (Å²) in [7, 11) is 0. The van der Waals surface area contributed by atoms with Crippen LogP contribution in [0.2, 0.25) is 0 Å². The van der Waals surface area contributed by atoms with E-state index in [9.17, 15) is 14.7 Å². The van der Waals surface area contributed by atoms with Gasteiger partial charge in [0.2, 0.25) is 0 Å². The van der Waals surface area contributed by atoms with Crippen molar-refractivity contribution in [1.82, 2.24) is 4.90 Å². The minimum Gasteiger partial charge on any atom is -0.477 e. The molecular formula is C31H43NO6. The van der Waals surface area contributed by atoms with Crippen LogP contribution in [0.4, 0.5) is 4.79 Å². The highest BCUT2D eigenvalue weighted by Crippen LogP contribution is 2.65. The van der Waals surface area contributed by atoms with Gasteiger partial charge in [-0.3, -0.25) is 9.69 Å². The fourth-order valence-electron chi connectivity index (χ4n) is 7.84. The van der Waals surface area contributed by atoms with Gasteiger partial charge in [-0.15, -0.1) is 0 Å². The van der Waals surface area contributed by atoms with Crippen LogP contribution in [0.25, 0.3) is 0 Å². The van der Waals surface area contributed by atoms with Crippen molar-refractivity contribution in [2.24, 2.45) is 5.92 Å². The number of piperidine rings is 1. The summed E-state index contributed by atoms with van der Waals surface area (Å²) in [6, 6.07) is 3.76. The first kappa shape index (κ1) is 26.1. The molecule has 2 heterocycles. The Labute approximate surface area is 226 Å². The summed E-state index contributed by atoms with van der Waals surface area (Å²) >= 11 is 0. The molecule has 1 unspecified atom stereocenters. The molecule has 0 amide bonds. The van der Waals surface area contributed by atoms with Gasteiger partial charge in [0.1, 0.15) is 0 Å². The Hall–Kier alpha value is -2.12. The van der Waals surface area contributed by atoms with Gasteiger partial charge in [0.05, 0.1) is 17.6 Å². The molecular weight excluding hydrogens is 482 g/mol. The van der Waals surface area contributed by atoms with Gasteiger partial charge in [0, 0.05) is 24.6 Å². The van der Waals surface area contributed by atoms with Crippen LogP contribution >= 0.6 is 0 Å². The third kappa shape index (κ3) is 4.34. The molecule has 7 heteroatoms. The number of benzene rings is 1. The minimum atomic E-state index is -1.02. The van der Waals surface area contributed by atoms with Gasteiger partial charge in [-0.1, -0.05) is 57.9 Å². The number of unbranched alkanes of at least 4 members (excludes halogenated alkanes) is 7. The third-order valence-corrected chi connectivity index (χ3v) is 9.95. The maximum atomic E-state index is 13.2. The van der Waals surface area contributed by atoms with Crippen molar-refractivity contribution in [3.05, 3.63) is 23.3 Å². The molecule has 3 aliphatic carbocycles. The molecule has 4 atom stereocenters. The molecule has 1 aromatic carbocycles. The average Bonchev–Trinajstić information content (AvgIpc) is 3.64. The number of likely N-dealkylation sites (tertiary alicyclic amines) is 1. The van der Waals surface area contributed by atoms with Crippen molar-refractivity contribution < 1.29 is 28.9 Å². The second-order valence-electron chi connectivity index (χ2n) is 12.4. The number of aliphatic hydroxyl groups is 1. The summed E-state index contributed by atoms with van der Waals surface area (Å²) in [5, 5.41) is 12.3. The molecule has 38 heavy (non-hydrogen) atoms. The average molecular weight is 526 g/mol. The Balaban J connectivity index is 1.15. The van der Waals surface area contributed by atoms with E-state index in [0.29, 0.717) is 37.4 Å². The van der Waals surface area contributed by atoms with Crippen molar-refractivity contribution in [2.45, 2.75) is 120 Å². The lowest BCUT2D eigenvalue weighted by Crippen LogP contribution is -2.76. The first-order chi connectivity index (χ1) is 18.5. The zero-order chi connectivity index (χ0) is 26.3. The van der Waals surface area contributed by atoms with Gasteiger partial charge in [0.15, 0.2) is 23.4 Å². The molecule has 1 N–H and O–H groups in total. The molecule has 7 nitrogen and oxygen atoms in total. The lowest BCUT2D eigenvalue weighted by Gasteiger charge is -2.62. The monoisotopic (exact) mass is 525 g/mol. The van der Waals surface area contributed by atoms with E-state index in [2.05, 4.69) is 11.8 Å². The maximum Gasteiger partial charge on any atom is 0.513 e. The predicted molar refractivity (Wildman–Crippen MR) is 143 cm³/mol. The molecule has 1 saturated heterocycles. The topological polar surface area (TPSA) is 85.3 Å². The molecule has 208 valence electrons. The quantitative estimate of drug-likeness (QED) is 0.220. The standard InChI is InChI=1S/C31H43NO6/c1-2-3-4-5-6-7-8-9-18-36-29(34)37-24-13-12-22-19-25-31(35)15-14-23(33)28-30(31,26(22)27(24)38-28)16-17-32(25)20-21-10-11-21/h12-13,21,25,28,35H,2-11,14-20H2,1H3/t25?,28-,30-,31+/m0/s1. The van der Waals surface area contributed by atoms with Gasteiger partial charge < -0.3 is 19.3 Å². The van der Waals surface area contributed by atoms with Gasteiger partial charge >= 0.3 is 6.16 Å². The summed E-state index contributed by atoms with van der Waals surface area (Å²) in [6.45, 7) is 4.43. The zero-order valence-corrected chi connectivity index (χ0v) is 22.8. The van der Waals surface area contributed by atoms with E-state index in [4.69, 9.17) is 14.2 Å². The highest BCUT2D eigenvalue weighted by molar-refractivity contribution is 5.90. The molecule has 3 fully saturated rings. The summed E-state index contributed by atoms with van der Waals surface area (Å²) in [6.07, 6.45) is 12.6. The molecule has 2 saturated carbocycles. The first-order valence-electron chi connectivity index (χ1n) is 15.1. The summed E-state index contributed by atoms with van der Waals surface area (Å²) in [5.74, 6) is 1.52. The van der Waals surface area contributed by atoms with Crippen LogP contribution in [0.5, 0.6) is 11.5 Å². The summed E-state index contributed by atoms with van der Waals surface area (Å²) < 4.78 is 17.4. The first-order valence-corrected chi connectivity index (χ1v) is 15.1. The zero-order valence-electron chi connectivity index (χ0n) is 22.8. The van der Waals surface area contributed by atoms with Gasteiger partial charge in [-0.2, -0.15) is 0 Å². The number of ether oxygens (including phenoxy) is 3. The highest BCUT2D eigenvalue weighted by atomic mass is 16.7. The molecule has 1 aromatic rings. The molecule has 5 aliphatic rings. The third-order valence-electron chi connectivity index (χ3n) is 9.95. The Morgan fingerprint density at radius 1 is 1.11 bits per heavy atom. The number of nitrogens with zero attached hydrogens (tertiary/aromatic N) is 1. The second-order valence-corrected chi connectivity index (χ2v) is 12.4. The largest absolute Gasteiger partial charge is 0.513 e. The number of ketones is 1. The van der Waals surface area contributed by atoms with Gasteiger partial charge in [-0.25, -0.2) is 4.79 Å². The molecule has 2 aliphatic heterocycles. The molecule has 0 radical (unpaired) electrons. The van der Waals surface area contributed by atoms with Crippen molar-refractivity contribution in [3.8, 4) is 11.5 Å². The van der Waals surface area contributed by atoms with Gasteiger partial charge in [0.25, 0.3) is 0 Å². The normalized spacial score (nSPS) is 31.1. The number of carbonyl (C=O) groups excluding carboxylic acids is 2. The lowest BCUT2D eigenvalue weighted by molar-refractivity contribution is -0.188. The second kappa shape index (κ2) is 10.5. The van der Waals surface area contributed by atoms with E-state index in [1.165, 1.54) is 44.9 Å².